The summed E-state index contributed by atoms with van der Waals surface area (Å²) >= 11 is 6.05. The van der Waals surface area contributed by atoms with E-state index >= 15 is 0 Å². The number of ether oxygens (including phenoxy) is 1. The SMILES string of the molecule is CSCC1(C(=O)OC(c2ccccc2)c2ccccc2)CS[C@@H]2C(NC(=O)CC(=O)CBr)C(=O)N2C1. The molecule has 2 amide bonds. The molecule has 0 spiro atoms. The molecule has 2 aliphatic rings. The van der Waals surface area contributed by atoms with E-state index in [0.717, 1.165) is 11.1 Å². The standard InChI is InChI=1S/C26H27BrN2O5S2/c1-35-15-26(14-29-23(32)21(24(29)36-16-26)28-20(31)12-19(30)13-27)25(33)34-22(17-8-4-2-5-9-17)18-10-6-3-7-11-18/h2-11,21-22,24H,12-16H2,1H3,(H,28,31)/t21?,24-,26?/m1/s1. The number of ketones is 1. The van der Waals surface area contributed by atoms with Gasteiger partial charge in [0.1, 0.15) is 16.8 Å². The van der Waals surface area contributed by atoms with Gasteiger partial charge in [0.05, 0.1) is 11.8 Å². The number of halogens is 1. The molecule has 36 heavy (non-hydrogen) atoms. The fourth-order valence-electron chi connectivity index (χ4n) is 4.44. The van der Waals surface area contributed by atoms with Gasteiger partial charge in [0.25, 0.3) is 0 Å². The van der Waals surface area contributed by atoms with Crippen LogP contribution in [0, 0.1) is 5.41 Å². The Morgan fingerprint density at radius 2 is 1.75 bits per heavy atom. The van der Waals surface area contributed by atoms with Gasteiger partial charge in [0, 0.05) is 18.1 Å². The summed E-state index contributed by atoms with van der Waals surface area (Å²) in [6.45, 7) is 0.228. The summed E-state index contributed by atoms with van der Waals surface area (Å²) in [6, 6.07) is 18.5. The van der Waals surface area contributed by atoms with Crippen LogP contribution in [0.5, 0.6) is 0 Å². The number of Topliss-reactive ketones (excluding diaryl/α,β-unsaturated/α-hetero) is 1. The van der Waals surface area contributed by atoms with Gasteiger partial charge in [-0.05, 0) is 17.4 Å². The fraction of sp³-hybridized carbons (Fsp3) is 0.385. The third-order valence-electron chi connectivity index (χ3n) is 6.25. The minimum Gasteiger partial charge on any atom is -0.452 e. The van der Waals surface area contributed by atoms with Crippen LogP contribution < -0.4 is 5.32 Å². The van der Waals surface area contributed by atoms with Gasteiger partial charge in [-0.3, -0.25) is 19.2 Å². The van der Waals surface area contributed by atoms with Crippen LogP contribution in [-0.4, -0.2) is 69.5 Å². The number of esters is 1. The highest BCUT2D eigenvalue weighted by atomic mass is 79.9. The Labute approximate surface area is 227 Å². The lowest BCUT2D eigenvalue weighted by Crippen LogP contribution is -2.74. The number of β-lactam (4-membered cyclic amide) rings is 1. The van der Waals surface area contributed by atoms with Crippen LogP contribution in [0.15, 0.2) is 60.7 Å². The van der Waals surface area contributed by atoms with Crippen molar-refractivity contribution < 1.29 is 23.9 Å². The van der Waals surface area contributed by atoms with Gasteiger partial charge in [-0.25, -0.2) is 0 Å². The number of nitrogens with zero attached hydrogens (tertiary/aromatic N) is 1. The molecule has 2 heterocycles. The Morgan fingerprint density at radius 3 is 2.31 bits per heavy atom. The maximum Gasteiger partial charge on any atom is 0.316 e. The van der Waals surface area contributed by atoms with Crippen LogP contribution >= 0.6 is 39.5 Å². The number of thioether (sulfide) groups is 2. The predicted octanol–water partition coefficient (Wildman–Crippen LogP) is 3.42. The van der Waals surface area contributed by atoms with Crippen molar-refractivity contribution in [3.8, 4) is 0 Å². The predicted molar refractivity (Wildman–Crippen MR) is 145 cm³/mol. The molecule has 1 N–H and O–H groups in total. The Bertz CT molecular complexity index is 1080. The molecule has 190 valence electrons. The first-order chi connectivity index (χ1) is 17.4. The Balaban J connectivity index is 1.49. The Hall–Kier alpha value is -2.30. The van der Waals surface area contributed by atoms with Gasteiger partial charge < -0.3 is 15.0 Å². The highest BCUT2D eigenvalue weighted by Crippen LogP contribution is 2.45. The molecule has 3 atom stereocenters. The van der Waals surface area contributed by atoms with E-state index in [1.807, 2.05) is 66.9 Å². The zero-order valence-electron chi connectivity index (χ0n) is 19.7. The quantitative estimate of drug-likeness (QED) is 0.196. The molecule has 0 aromatic heterocycles. The van der Waals surface area contributed by atoms with Crippen molar-refractivity contribution in [2.24, 2.45) is 5.41 Å². The molecule has 2 aromatic rings. The lowest BCUT2D eigenvalue weighted by atomic mass is 9.88. The number of fused-ring (bicyclic) bond motifs is 1. The van der Waals surface area contributed by atoms with Crippen LogP contribution in [0.1, 0.15) is 23.7 Å². The van der Waals surface area contributed by atoms with E-state index < -0.39 is 23.5 Å². The molecule has 2 aromatic carbocycles. The molecular formula is C26H27BrN2O5S2. The lowest BCUT2D eigenvalue weighted by molar-refractivity contribution is -0.164. The van der Waals surface area contributed by atoms with E-state index in [-0.39, 0.29) is 41.3 Å². The second kappa shape index (κ2) is 11.8. The van der Waals surface area contributed by atoms with Crippen molar-refractivity contribution in [1.82, 2.24) is 10.2 Å². The lowest BCUT2D eigenvalue weighted by Gasteiger charge is -2.54. The topological polar surface area (TPSA) is 92.8 Å². The van der Waals surface area contributed by atoms with Crippen molar-refractivity contribution in [3.05, 3.63) is 71.8 Å². The van der Waals surface area contributed by atoms with Crippen LogP contribution in [0.2, 0.25) is 0 Å². The summed E-state index contributed by atoms with van der Waals surface area (Å²) in [4.78, 5) is 52.0. The van der Waals surface area contributed by atoms with Crippen LogP contribution in [-0.2, 0) is 23.9 Å². The molecule has 0 bridgehead atoms. The van der Waals surface area contributed by atoms with E-state index in [2.05, 4.69) is 21.2 Å². The number of hydrogen-bond donors (Lipinski definition) is 1. The Morgan fingerprint density at radius 1 is 1.14 bits per heavy atom. The molecule has 0 aliphatic carbocycles. The molecule has 4 rings (SSSR count). The van der Waals surface area contributed by atoms with Gasteiger partial charge in [-0.15, -0.1) is 11.8 Å². The van der Waals surface area contributed by atoms with E-state index in [0.29, 0.717) is 11.5 Å². The molecule has 7 nitrogen and oxygen atoms in total. The molecule has 2 saturated heterocycles. The van der Waals surface area contributed by atoms with Gasteiger partial charge in [-0.1, -0.05) is 76.6 Å². The first-order valence-electron chi connectivity index (χ1n) is 11.5. The average molecular weight is 592 g/mol. The average Bonchev–Trinajstić information content (AvgIpc) is 2.91. The summed E-state index contributed by atoms with van der Waals surface area (Å²) in [5.41, 5.74) is 0.871. The summed E-state index contributed by atoms with van der Waals surface area (Å²) in [5.74, 6) is -0.337. The second-order valence-electron chi connectivity index (χ2n) is 8.88. The summed E-state index contributed by atoms with van der Waals surface area (Å²) < 4.78 is 6.19. The van der Waals surface area contributed by atoms with Gasteiger partial charge >= 0.3 is 5.97 Å². The number of rotatable bonds is 10. The van der Waals surface area contributed by atoms with E-state index in [1.165, 1.54) is 23.5 Å². The van der Waals surface area contributed by atoms with Gasteiger partial charge in [-0.2, -0.15) is 11.8 Å². The van der Waals surface area contributed by atoms with Crippen molar-refractivity contribution >= 4 is 63.0 Å². The molecular weight excluding hydrogens is 564 g/mol. The number of amides is 2. The van der Waals surface area contributed by atoms with E-state index in [4.69, 9.17) is 4.74 Å². The number of carbonyl (C=O) groups is 4. The van der Waals surface area contributed by atoms with Crippen molar-refractivity contribution in [2.75, 3.05) is 29.6 Å². The van der Waals surface area contributed by atoms with Crippen LogP contribution in [0.25, 0.3) is 0 Å². The molecule has 10 heteroatoms. The molecule has 0 saturated carbocycles. The monoisotopic (exact) mass is 590 g/mol. The summed E-state index contributed by atoms with van der Waals surface area (Å²) in [5, 5.41) is 2.51. The van der Waals surface area contributed by atoms with Crippen LogP contribution in [0.3, 0.4) is 0 Å². The largest absolute Gasteiger partial charge is 0.452 e. The normalized spacial score (nSPS) is 23.0. The summed E-state index contributed by atoms with van der Waals surface area (Å²) in [6.07, 6.45) is 1.10. The smallest absolute Gasteiger partial charge is 0.316 e. The third kappa shape index (κ3) is 5.65. The highest BCUT2D eigenvalue weighted by Gasteiger charge is 2.58. The maximum atomic E-state index is 13.8. The Kier molecular flexibility index (Phi) is 8.79. The maximum absolute atomic E-state index is 13.8. The van der Waals surface area contributed by atoms with E-state index in [1.54, 1.807) is 4.90 Å². The number of hydrogen-bond acceptors (Lipinski definition) is 7. The summed E-state index contributed by atoms with van der Waals surface area (Å²) in [7, 11) is 0. The molecule has 2 fully saturated rings. The first-order valence-corrected chi connectivity index (χ1v) is 15.0. The van der Waals surface area contributed by atoms with Crippen LogP contribution in [0.4, 0.5) is 0 Å². The zero-order chi connectivity index (χ0) is 25.7. The van der Waals surface area contributed by atoms with Crippen molar-refractivity contribution in [3.63, 3.8) is 0 Å². The zero-order valence-corrected chi connectivity index (χ0v) is 22.9. The van der Waals surface area contributed by atoms with Crippen molar-refractivity contribution in [1.29, 1.82) is 0 Å². The second-order valence-corrected chi connectivity index (χ2v) is 11.4. The van der Waals surface area contributed by atoms with Gasteiger partial charge in [0.15, 0.2) is 11.9 Å². The minimum atomic E-state index is -0.876. The molecule has 2 unspecified atom stereocenters. The molecule has 0 radical (unpaired) electrons. The third-order valence-corrected chi connectivity index (χ3v) is 9.31. The van der Waals surface area contributed by atoms with E-state index in [9.17, 15) is 19.2 Å². The fourth-order valence-corrected chi connectivity index (χ4v) is 7.17. The van der Waals surface area contributed by atoms with Crippen molar-refractivity contribution in [2.45, 2.75) is 23.9 Å². The first kappa shape index (κ1) is 26.8. The number of carbonyl (C=O) groups excluding carboxylic acids is 4. The highest BCUT2D eigenvalue weighted by molar-refractivity contribution is 9.09. The minimum absolute atomic E-state index is 0.0929. The number of alkyl halides is 1. The molecule has 2 aliphatic heterocycles. The number of benzene rings is 2. The number of nitrogens with one attached hydrogen (secondary N) is 1. The van der Waals surface area contributed by atoms with Gasteiger partial charge in [0.2, 0.25) is 11.8 Å².